The Hall–Kier alpha value is -2.66. The van der Waals surface area contributed by atoms with Crippen molar-refractivity contribution in [1.82, 2.24) is 4.98 Å². The standard InChI is InChI=1S/C27H28N2O2S/c1-26(2)11-12-27(3,4)20-15-22-18(14-19(20)26)23(16-7-9-17(10-8-16)25(30)31)29-21-6-5-13-28-24(21)32-22/h5-7,9-10,13-16H,8,11-12H2,1-4H3,(H,30,31). The molecule has 0 saturated carbocycles. The molecule has 2 heterocycles. The minimum atomic E-state index is -0.883. The monoisotopic (exact) mass is 444 g/mol. The van der Waals surface area contributed by atoms with Crippen molar-refractivity contribution in [3.05, 3.63) is 71.0 Å². The van der Waals surface area contributed by atoms with Gasteiger partial charge < -0.3 is 5.11 Å². The number of pyridine rings is 1. The van der Waals surface area contributed by atoms with Gasteiger partial charge in [0, 0.05) is 22.6 Å². The van der Waals surface area contributed by atoms with Crippen LogP contribution in [0.2, 0.25) is 0 Å². The Morgan fingerprint density at radius 1 is 1.12 bits per heavy atom. The summed E-state index contributed by atoms with van der Waals surface area (Å²) in [6.07, 6.45) is 10.3. The van der Waals surface area contributed by atoms with Crippen LogP contribution < -0.4 is 0 Å². The van der Waals surface area contributed by atoms with Crippen molar-refractivity contribution in [1.29, 1.82) is 0 Å². The molecule has 0 saturated heterocycles. The van der Waals surface area contributed by atoms with Gasteiger partial charge in [-0.15, -0.1) is 0 Å². The van der Waals surface area contributed by atoms with Crippen molar-refractivity contribution in [2.24, 2.45) is 10.9 Å². The molecule has 0 spiro atoms. The van der Waals surface area contributed by atoms with Crippen LogP contribution in [0.25, 0.3) is 0 Å². The summed E-state index contributed by atoms with van der Waals surface area (Å²) in [5.74, 6) is -0.854. The van der Waals surface area contributed by atoms with Crippen LogP contribution >= 0.6 is 11.8 Å². The zero-order valence-electron chi connectivity index (χ0n) is 19.0. The second kappa shape index (κ2) is 7.45. The third-order valence-electron chi connectivity index (χ3n) is 7.13. The third kappa shape index (κ3) is 3.53. The Labute approximate surface area is 193 Å². The first-order valence-corrected chi connectivity index (χ1v) is 12.0. The quantitative estimate of drug-likeness (QED) is 0.567. The zero-order chi connectivity index (χ0) is 22.7. The molecular weight excluding hydrogens is 416 g/mol. The molecular formula is C27H28N2O2S. The summed E-state index contributed by atoms with van der Waals surface area (Å²) in [5, 5.41) is 10.3. The van der Waals surface area contributed by atoms with Crippen LogP contribution in [0.4, 0.5) is 5.69 Å². The minimum Gasteiger partial charge on any atom is -0.478 e. The number of allylic oxidation sites excluding steroid dienone is 2. The van der Waals surface area contributed by atoms with Crippen molar-refractivity contribution in [2.75, 3.05) is 0 Å². The lowest BCUT2D eigenvalue weighted by Gasteiger charge is -2.42. The average Bonchev–Trinajstić information content (AvgIpc) is 2.92. The zero-order valence-corrected chi connectivity index (χ0v) is 19.8. The first-order chi connectivity index (χ1) is 15.2. The van der Waals surface area contributed by atoms with Gasteiger partial charge in [0.1, 0.15) is 5.03 Å². The Bertz CT molecular complexity index is 1220. The number of nitrogens with zero attached hydrogens (tertiary/aromatic N) is 2. The predicted octanol–water partition coefficient (Wildman–Crippen LogP) is 6.60. The number of aliphatic imine (C=N–C) groups is 1. The van der Waals surface area contributed by atoms with E-state index in [9.17, 15) is 9.90 Å². The van der Waals surface area contributed by atoms with E-state index in [-0.39, 0.29) is 16.7 Å². The topological polar surface area (TPSA) is 62.5 Å². The van der Waals surface area contributed by atoms with Gasteiger partial charge in [-0.05, 0) is 65.5 Å². The molecule has 1 atom stereocenters. The molecule has 3 aliphatic rings. The van der Waals surface area contributed by atoms with E-state index in [2.05, 4.69) is 44.8 Å². The summed E-state index contributed by atoms with van der Waals surface area (Å²) in [7, 11) is 0. The van der Waals surface area contributed by atoms with Gasteiger partial charge in [-0.3, -0.25) is 0 Å². The van der Waals surface area contributed by atoms with Crippen LogP contribution in [0.3, 0.4) is 0 Å². The number of carboxylic acids is 1. The second-order valence-electron chi connectivity index (χ2n) is 10.3. The minimum absolute atomic E-state index is 0.0290. The molecule has 0 fully saturated rings. The third-order valence-corrected chi connectivity index (χ3v) is 8.19. The molecule has 2 aromatic rings. The fourth-order valence-corrected chi connectivity index (χ4v) is 5.97. The molecule has 164 valence electrons. The molecule has 1 unspecified atom stereocenters. The van der Waals surface area contributed by atoms with Crippen molar-refractivity contribution >= 4 is 29.1 Å². The maximum Gasteiger partial charge on any atom is 0.335 e. The number of carbonyl (C=O) groups is 1. The fourth-order valence-electron chi connectivity index (χ4n) is 4.98. The molecule has 0 radical (unpaired) electrons. The smallest absolute Gasteiger partial charge is 0.335 e. The van der Waals surface area contributed by atoms with Crippen molar-refractivity contribution in [3.8, 4) is 0 Å². The van der Waals surface area contributed by atoms with Gasteiger partial charge in [0.15, 0.2) is 0 Å². The van der Waals surface area contributed by atoms with E-state index in [1.54, 1.807) is 17.8 Å². The van der Waals surface area contributed by atoms with Crippen LogP contribution in [0.1, 0.15) is 63.6 Å². The summed E-state index contributed by atoms with van der Waals surface area (Å²) < 4.78 is 0. The Balaban J connectivity index is 1.71. The molecule has 1 aromatic heterocycles. The first-order valence-electron chi connectivity index (χ1n) is 11.2. The van der Waals surface area contributed by atoms with Crippen molar-refractivity contribution in [3.63, 3.8) is 0 Å². The average molecular weight is 445 g/mol. The van der Waals surface area contributed by atoms with Crippen LogP contribution in [0.15, 0.2) is 69.2 Å². The van der Waals surface area contributed by atoms with Crippen LogP contribution in [-0.4, -0.2) is 21.8 Å². The maximum absolute atomic E-state index is 11.4. The number of carboxylic acid groups (broad SMARTS) is 1. The summed E-state index contributed by atoms with van der Waals surface area (Å²) in [6.45, 7) is 9.37. The molecule has 0 bridgehead atoms. The number of benzene rings is 1. The van der Waals surface area contributed by atoms with E-state index in [0.717, 1.165) is 28.4 Å². The number of fused-ring (bicyclic) bond motifs is 3. The molecule has 0 amide bonds. The van der Waals surface area contributed by atoms with Gasteiger partial charge in [-0.1, -0.05) is 57.7 Å². The molecule has 32 heavy (non-hydrogen) atoms. The normalized spacial score (nSPS) is 22.6. The van der Waals surface area contributed by atoms with Crippen molar-refractivity contribution < 1.29 is 9.90 Å². The van der Waals surface area contributed by atoms with Gasteiger partial charge in [0.2, 0.25) is 0 Å². The summed E-state index contributed by atoms with van der Waals surface area (Å²) in [4.78, 5) is 22.3. The van der Waals surface area contributed by atoms with Gasteiger partial charge in [-0.2, -0.15) is 0 Å². The maximum atomic E-state index is 11.4. The highest BCUT2D eigenvalue weighted by Gasteiger charge is 2.39. The highest BCUT2D eigenvalue weighted by Crippen LogP contribution is 2.50. The second-order valence-corrected chi connectivity index (χ2v) is 11.3. The first kappa shape index (κ1) is 21.2. The SMILES string of the molecule is CC1(C)CCC(C)(C)c2cc3c(cc21)Sc1ncccc1N=C3C1C=CC(C(=O)O)=CC1. The molecule has 5 heteroatoms. The van der Waals surface area contributed by atoms with Crippen LogP contribution in [0.5, 0.6) is 0 Å². The summed E-state index contributed by atoms with van der Waals surface area (Å²) in [5.41, 5.74) is 6.43. The molecule has 4 nitrogen and oxygen atoms in total. The highest BCUT2D eigenvalue weighted by molar-refractivity contribution is 7.99. The number of aromatic nitrogens is 1. The van der Waals surface area contributed by atoms with Crippen LogP contribution in [-0.2, 0) is 15.6 Å². The number of hydrogen-bond donors (Lipinski definition) is 1. The van der Waals surface area contributed by atoms with Crippen molar-refractivity contribution in [2.45, 2.75) is 67.7 Å². The Morgan fingerprint density at radius 2 is 1.84 bits per heavy atom. The molecule has 1 aliphatic heterocycles. The Kier molecular flexibility index (Phi) is 4.93. The highest BCUT2D eigenvalue weighted by atomic mass is 32.2. The number of hydrogen-bond acceptors (Lipinski definition) is 4. The molecule has 5 rings (SSSR count). The van der Waals surface area contributed by atoms with E-state index in [1.807, 2.05) is 30.5 Å². The lowest BCUT2D eigenvalue weighted by Crippen LogP contribution is -2.34. The van der Waals surface area contributed by atoms with Gasteiger partial charge in [0.25, 0.3) is 0 Å². The molecule has 2 aliphatic carbocycles. The van der Waals surface area contributed by atoms with E-state index < -0.39 is 5.97 Å². The Morgan fingerprint density at radius 3 is 2.50 bits per heavy atom. The van der Waals surface area contributed by atoms with Gasteiger partial charge in [-0.25, -0.2) is 14.8 Å². The lowest BCUT2D eigenvalue weighted by atomic mass is 9.62. The summed E-state index contributed by atoms with van der Waals surface area (Å²) in [6, 6.07) is 8.68. The fraction of sp³-hybridized carbons (Fsp3) is 0.370. The largest absolute Gasteiger partial charge is 0.478 e. The number of rotatable bonds is 2. The van der Waals surface area contributed by atoms with Gasteiger partial charge in [0.05, 0.1) is 17.0 Å². The lowest BCUT2D eigenvalue weighted by molar-refractivity contribution is -0.132. The van der Waals surface area contributed by atoms with E-state index in [1.165, 1.54) is 22.4 Å². The molecule has 1 N–H and O–H groups in total. The van der Waals surface area contributed by atoms with Crippen LogP contribution in [0, 0.1) is 5.92 Å². The number of aliphatic carboxylic acids is 1. The summed E-state index contributed by atoms with van der Waals surface area (Å²) >= 11 is 1.69. The van der Waals surface area contributed by atoms with E-state index in [0.29, 0.717) is 12.0 Å². The molecule has 1 aromatic carbocycles. The predicted molar refractivity (Wildman–Crippen MR) is 129 cm³/mol. The van der Waals surface area contributed by atoms with E-state index >= 15 is 0 Å². The van der Waals surface area contributed by atoms with Gasteiger partial charge >= 0.3 is 5.97 Å². The van der Waals surface area contributed by atoms with E-state index in [4.69, 9.17) is 4.99 Å².